The molecule has 1 N–H and O–H groups in total. The van der Waals surface area contributed by atoms with E-state index in [1.165, 1.54) is 11.1 Å². The van der Waals surface area contributed by atoms with Crippen LogP contribution in [-0.4, -0.2) is 6.04 Å². The van der Waals surface area contributed by atoms with E-state index in [1.54, 1.807) is 0 Å². The number of hydrogen-bond acceptors (Lipinski definition) is 2. The first-order valence-corrected chi connectivity index (χ1v) is 5.50. The van der Waals surface area contributed by atoms with Gasteiger partial charge in [0.05, 0.1) is 12.0 Å². The van der Waals surface area contributed by atoms with Crippen molar-refractivity contribution >= 4 is 5.69 Å². The Balaban J connectivity index is 2.41. The maximum Gasteiger partial charge on any atom is 0.0738 e. The molecule has 0 saturated heterocycles. The number of nitriles is 1. The van der Waals surface area contributed by atoms with Gasteiger partial charge in [-0.1, -0.05) is 12.1 Å². The highest BCUT2D eigenvalue weighted by atomic mass is 14.9. The zero-order chi connectivity index (χ0) is 10.8. The number of nitrogens with zero attached hydrogens (tertiary/aromatic N) is 1. The molecular weight excluding hydrogens is 184 g/mol. The first-order chi connectivity index (χ1) is 7.22. The number of anilines is 1. The van der Waals surface area contributed by atoms with Gasteiger partial charge in [-0.15, -0.1) is 0 Å². The van der Waals surface area contributed by atoms with Gasteiger partial charge in [-0.3, -0.25) is 0 Å². The molecule has 2 heteroatoms. The average Bonchev–Trinajstić information content (AvgIpc) is 2.61. The van der Waals surface area contributed by atoms with Crippen molar-refractivity contribution in [2.75, 3.05) is 5.32 Å². The van der Waals surface area contributed by atoms with Gasteiger partial charge in [-0.05, 0) is 43.9 Å². The van der Waals surface area contributed by atoms with Gasteiger partial charge in [-0.25, -0.2) is 0 Å². The fourth-order valence-corrected chi connectivity index (χ4v) is 2.25. The Labute approximate surface area is 90.9 Å². The van der Waals surface area contributed by atoms with Gasteiger partial charge in [0.25, 0.3) is 0 Å². The number of nitrogens with one attached hydrogen (secondary N) is 1. The van der Waals surface area contributed by atoms with Crippen LogP contribution in [0.2, 0.25) is 0 Å². The molecule has 2 nitrogen and oxygen atoms in total. The van der Waals surface area contributed by atoms with Crippen molar-refractivity contribution in [1.29, 1.82) is 5.26 Å². The van der Waals surface area contributed by atoms with Crippen LogP contribution >= 0.6 is 0 Å². The first-order valence-electron chi connectivity index (χ1n) is 5.50. The lowest BCUT2D eigenvalue weighted by atomic mass is 10.0. The van der Waals surface area contributed by atoms with Crippen molar-refractivity contribution in [2.24, 2.45) is 0 Å². The van der Waals surface area contributed by atoms with Crippen molar-refractivity contribution in [3.05, 3.63) is 29.3 Å². The second-order valence-corrected chi connectivity index (χ2v) is 4.40. The second-order valence-electron chi connectivity index (χ2n) is 4.40. The summed E-state index contributed by atoms with van der Waals surface area (Å²) in [7, 11) is 0. The summed E-state index contributed by atoms with van der Waals surface area (Å²) in [6.07, 6.45) is 2.02. The number of rotatable bonds is 2. The Hall–Kier alpha value is -1.49. The molecule has 15 heavy (non-hydrogen) atoms. The van der Waals surface area contributed by atoms with Crippen LogP contribution in [0.3, 0.4) is 0 Å². The summed E-state index contributed by atoms with van der Waals surface area (Å²) in [6.45, 7) is 4.24. The quantitative estimate of drug-likeness (QED) is 0.796. The molecule has 2 rings (SSSR count). The van der Waals surface area contributed by atoms with Crippen LogP contribution in [0.4, 0.5) is 5.69 Å². The standard InChI is InChI=1S/C13H16N2/c1-9(2)15-12-5-3-4-10-6-7-11(8-14)13(10)12/h3-5,9,11,15H,6-7H2,1-2H3. The van der Waals surface area contributed by atoms with Gasteiger partial charge in [0.2, 0.25) is 0 Å². The number of fused-ring (bicyclic) bond motifs is 1. The van der Waals surface area contributed by atoms with Crippen LogP contribution in [0.15, 0.2) is 18.2 Å². The number of benzene rings is 1. The zero-order valence-electron chi connectivity index (χ0n) is 9.25. The SMILES string of the molecule is CC(C)Nc1cccc2c1C(C#N)CC2. The molecule has 1 unspecified atom stereocenters. The van der Waals surface area contributed by atoms with Crippen LogP contribution in [-0.2, 0) is 6.42 Å². The molecule has 0 radical (unpaired) electrons. The highest BCUT2D eigenvalue weighted by Crippen LogP contribution is 2.37. The maximum absolute atomic E-state index is 9.09. The van der Waals surface area contributed by atoms with E-state index < -0.39 is 0 Å². The molecule has 0 fully saturated rings. The molecule has 0 aromatic heterocycles. The Morgan fingerprint density at radius 3 is 2.93 bits per heavy atom. The lowest BCUT2D eigenvalue weighted by Gasteiger charge is -2.15. The van der Waals surface area contributed by atoms with Gasteiger partial charge >= 0.3 is 0 Å². The van der Waals surface area contributed by atoms with Gasteiger partial charge in [0.15, 0.2) is 0 Å². The summed E-state index contributed by atoms with van der Waals surface area (Å²) in [5, 5.41) is 12.5. The second kappa shape index (κ2) is 3.94. The van der Waals surface area contributed by atoms with Crippen molar-refractivity contribution in [3.8, 4) is 6.07 Å². The molecular formula is C13H16N2. The Kier molecular flexibility index (Phi) is 2.64. The summed E-state index contributed by atoms with van der Waals surface area (Å²) < 4.78 is 0. The van der Waals surface area contributed by atoms with E-state index in [0.717, 1.165) is 18.5 Å². The Morgan fingerprint density at radius 1 is 1.47 bits per heavy atom. The Morgan fingerprint density at radius 2 is 2.27 bits per heavy atom. The smallest absolute Gasteiger partial charge is 0.0738 e. The van der Waals surface area contributed by atoms with Gasteiger partial charge in [-0.2, -0.15) is 5.26 Å². The summed E-state index contributed by atoms with van der Waals surface area (Å²) in [5.41, 5.74) is 3.72. The third-order valence-corrected chi connectivity index (χ3v) is 2.85. The molecule has 1 aromatic carbocycles. The largest absolute Gasteiger partial charge is 0.383 e. The van der Waals surface area contributed by atoms with Crippen molar-refractivity contribution in [1.82, 2.24) is 0 Å². The predicted octanol–water partition coefficient (Wildman–Crippen LogP) is 3.06. The monoisotopic (exact) mass is 200 g/mol. The van der Waals surface area contributed by atoms with Crippen molar-refractivity contribution in [3.63, 3.8) is 0 Å². The normalized spacial score (nSPS) is 18.7. The fraction of sp³-hybridized carbons (Fsp3) is 0.462. The summed E-state index contributed by atoms with van der Waals surface area (Å²) in [6, 6.07) is 9.09. The molecule has 0 bridgehead atoms. The Bertz CT molecular complexity index is 401. The summed E-state index contributed by atoms with van der Waals surface area (Å²) >= 11 is 0. The minimum absolute atomic E-state index is 0.0856. The lowest BCUT2D eigenvalue weighted by Crippen LogP contribution is -2.12. The molecule has 0 spiro atoms. The van der Waals surface area contributed by atoms with Crippen LogP contribution in [0.5, 0.6) is 0 Å². The van der Waals surface area contributed by atoms with Crippen molar-refractivity contribution in [2.45, 2.75) is 38.6 Å². The summed E-state index contributed by atoms with van der Waals surface area (Å²) in [4.78, 5) is 0. The molecule has 1 atom stereocenters. The molecule has 1 aliphatic carbocycles. The maximum atomic E-state index is 9.09. The van der Waals surface area contributed by atoms with Gasteiger partial charge in [0.1, 0.15) is 0 Å². The van der Waals surface area contributed by atoms with Crippen LogP contribution < -0.4 is 5.32 Å². The predicted molar refractivity (Wildman–Crippen MR) is 61.9 cm³/mol. The van der Waals surface area contributed by atoms with Crippen LogP contribution in [0, 0.1) is 11.3 Å². The topological polar surface area (TPSA) is 35.8 Å². The van der Waals surface area contributed by atoms with E-state index in [-0.39, 0.29) is 5.92 Å². The highest BCUT2D eigenvalue weighted by Gasteiger charge is 2.24. The molecule has 0 amide bonds. The van der Waals surface area contributed by atoms with Crippen LogP contribution in [0.25, 0.3) is 0 Å². The zero-order valence-corrected chi connectivity index (χ0v) is 9.25. The van der Waals surface area contributed by atoms with Crippen molar-refractivity contribution < 1.29 is 0 Å². The van der Waals surface area contributed by atoms with E-state index in [4.69, 9.17) is 5.26 Å². The number of aryl methyl sites for hydroxylation is 1. The van der Waals surface area contributed by atoms with Gasteiger partial charge in [0, 0.05) is 11.7 Å². The van der Waals surface area contributed by atoms with E-state index in [9.17, 15) is 0 Å². The van der Waals surface area contributed by atoms with Crippen LogP contribution in [0.1, 0.15) is 37.3 Å². The third-order valence-electron chi connectivity index (χ3n) is 2.85. The molecule has 1 aromatic rings. The minimum Gasteiger partial charge on any atom is -0.383 e. The molecule has 0 aliphatic heterocycles. The molecule has 0 heterocycles. The van der Waals surface area contributed by atoms with E-state index >= 15 is 0 Å². The summed E-state index contributed by atoms with van der Waals surface area (Å²) in [5.74, 6) is 0.0856. The number of hydrogen-bond donors (Lipinski definition) is 1. The average molecular weight is 200 g/mol. The van der Waals surface area contributed by atoms with E-state index in [2.05, 4.69) is 43.4 Å². The molecule has 0 saturated carbocycles. The van der Waals surface area contributed by atoms with E-state index in [1.807, 2.05) is 0 Å². The molecule has 1 aliphatic rings. The fourth-order valence-electron chi connectivity index (χ4n) is 2.25. The first kappa shape index (κ1) is 10.0. The van der Waals surface area contributed by atoms with Gasteiger partial charge < -0.3 is 5.32 Å². The lowest BCUT2D eigenvalue weighted by molar-refractivity contribution is 0.821. The minimum atomic E-state index is 0.0856. The highest BCUT2D eigenvalue weighted by molar-refractivity contribution is 5.60. The van der Waals surface area contributed by atoms with E-state index in [0.29, 0.717) is 6.04 Å². The third kappa shape index (κ3) is 1.83. The molecule has 78 valence electrons.